The van der Waals surface area contributed by atoms with Gasteiger partial charge in [0.1, 0.15) is 11.5 Å². The molecule has 0 saturated heterocycles. The Kier molecular flexibility index (Phi) is 6.57. The van der Waals surface area contributed by atoms with E-state index in [-0.39, 0.29) is 0 Å². The maximum Gasteiger partial charge on any atom is 0.131 e. The lowest BCUT2D eigenvalue weighted by Crippen LogP contribution is -2.34. The van der Waals surface area contributed by atoms with Gasteiger partial charge < -0.3 is 4.74 Å². The summed E-state index contributed by atoms with van der Waals surface area (Å²) in [6, 6.07) is 48.8. The van der Waals surface area contributed by atoms with Crippen LogP contribution in [0.1, 0.15) is 22.3 Å². The Bertz CT molecular complexity index is 2060. The van der Waals surface area contributed by atoms with Crippen LogP contribution in [0.4, 0.5) is 0 Å². The molecular formula is C42H30N2O. The van der Waals surface area contributed by atoms with E-state index in [0.717, 1.165) is 50.7 Å². The molecule has 0 bridgehead atoms. The number of benzene rings is 5. The summed E-state index contributed by atoms with van der Waals surface area (Å²) < 4.78 is 6.80. The lowest BCUT2D eigenvalue weighted by Gasteiger charge is -2.40. The van der Waals surface area contributed by atoms with Gasteiger partial charge in [-0.2, -0.15) is 0 Å². The zero-order valence-electron chi connectivity index (χ0n) is 24.7. The second-order valence-corrected chi connectivity index (χ2v) is 11.4. The highest BCUT2D eigenvalue weighted by Gasteiger charge is 2.51. The smallest absolute Gasteiger partial charge is 0.131 e. The molecule has 0 unspecified atom stereocenters. The number of hydrogen-bond acceptors (Lipinski definition) is 3. The third-order valence-electron chi connectivity index (χ3n) is 8.93. The minimum absolute atomic E-state index is 0.507. The zero-order valence-corrected chi connectivity index (χ0v) is 24.7. The van der Waals surface area contributed by atoms with Crippen molar-refractivity contribution in [3.63, 3.8) is 0 Å². The highest BCUT2D eigenvalue weighted by Crippen LogP contribution is 2.60. The summed E-state index contributed by atoms with van der Waals surface area (Å²) in [5.41, 5.74) is 11.8. The van der Waals surface area contributed by atoms with Gasteiger partial charge in [-0.15, -0.1) is 10.2 Å². The van der Waals surface area contributed by atoms with Crippen molar-refractivity contribution < 1.29 is 4.74 Å². The van der Waals surface area contributed by atoms with Crippen molar-refractivity contribution in [2.24, 2.45) is 0 Å². The summed E-state index contributed by atoms with van der Waals surface area (Å²) in [7, 11) is 0. The SMILES string of the molecule is C=C/C=C\C1=C(Cc2ccc(-c3ccc(-c4ccccc4)nn3)cc2)Oc2ccccc2C12c1ccccc1-c1ccccc12. The molecule has 2 heterocycles. The Morgan fingerprint density at radius 1 is 0.578 bits per heavy atom. The summed E-state index contributed by atoms with van der Waals surface area (Å²) in [5.74, 6) is 1.82. The van der Waals surface area contributed by atoms with Crippen LogP contribution in [0.3, 0.4) is 0 Å². The first-order chi connectivity index (χ1) is 22.3. The number of allylic oxidation sites excluding steroid dienone is 5. The third kappa shape index (κ3) is 4.36. The van der Waals surface area contributed by atoms with Crippen LogP contribution in [0.5, 0.6) is 5.75 Å². The number of ether oxygens (including phenoxy) is 1. The Morgan fingerprint density at radius 3 is 1.76 bits per heavy atom. The topological polar surface area (TPSA) is 35.0 Å². The number of nitrogens with zero attached hydrogens (tertiary/aromatic N) is 2. The standard InChI is InChI=1S/C42H30N2O/c1-2-3-17-37-41(28-29-22-24-31(25-23-29)39-27-26-38(43-44-39)30-13-5-4-6-14-30)45-40-21-12-11-20-36(40)42(37)34-18-9-7-15-32(34)33-16-8-10-19-35(33)42/h2-27H,1,28H2/b17-3-. The molecule has 8 rings (SSSR count). The van der Waals surface area contributed by atoms with Crippen LogP contribution in [-0.2, 0) is 11.8 Å². The molecule has 1 aromatic heterocycles. The van der Waals surface area contributed by atoms with Crippen LogP contribution in [0, 0.1) is 0 Å². The lowest BCUT2D eigenvalue weighted by molar-refractivity contribution is 0.374. The highest BCUT2D eigenvalue weighted by atomic mass is 16.5. The molecule has 0 radical (unpaired) electrons. The van der Waals surface area contributed by atoms with Gasteiger partial charge in [0.05, 0.1) is 16.8 Å². The minimum atomic E-state index is -0.507. The molecule has 1 aliphatic carbocycles. The minimum Gasteiger partial charge on any atom is -0.461 e. The molecule has 1 spiro atoms. The van der Waals surface area contributed by atoms with Crippen molar-refractivity contribution in [2.75, 3.05) is 0 Å². The van der Waals surface area contributed by atoms with Crippen molar-refractivity contribution in [2.45, 2.75) is 11.8 Å². The molecule has 0 N–H and O–H groups in total. The van der Waals surface area contributed by atoms with Crippen LogP contribution in [0.25, 0.3) is 33.6 Å². The van der Waals surface area contributed by atoms with Crippen molar-refractivity contribution in [1.82, 2.24) is 10.2 Å². The number of hydrogen-bond donors (Lipinski definition) is 0. The quantitative estimate of drug-likeness (QED) is 0.185. The Labute approximate surface area is 263 Å². The predicted molar refractivity (Wildman–Crippen MR) is 182 cm³/mol. The summed E-state index contributed by atoms with van der Waals surface area (Å²) in [4.78, 5) is 0. The van der Waals surface area contributed by atoms with Gasteiger partial charge in [0, 0.05) is 28.7 Å². The van der Waals surface area contributed by atoms with E-state index in [4.69, 9.17) is 4.74 Å². The number of para-hydroxylation sites is 1. The molecule has 0 amide bonds. The van der Waals surface area contributed by atoms with Gasteiger partial charge in [0.2, 0.25) is 0 Å². The lowest BCUT2D eigenvalue weighted by atomic mass is 9.65. The first kappa shape index (κ1) is 26.8. The van der Waals surface area contributed by atoms with Gasteiger partial charge in [-0.1, -0.05) is 146 Å². The maximum atomic E-state index is 6.80. The molecule has 45 heavy (non-hydrogen) atoms. The second kappa shape index (κ2) is 11.0. The molecule has 5 aromatic carbocycles. The average Bonchev–Trinajstić information content (AvgIpc) is 3.40. The molecular weight excluding hydrogens is 548 g/mol. The first-order valence-corrected chi connectivity index (χ1v) is 15.3. The zero-order chi connectivity index (χ0) is 30.2. The predicted octanol–water partition coefficient (Wildman–Crippen LogP) is 9.76. The van der Waals surface area contributed by atoms with Gasteiger partial charge in [-0.05, 0) is 46.0 Å². The first-order valence-electron chi connectivity index (χ1n) is 15.3. The van der Waals surface area contributed by atoms with Crippen LogP contribution in [-0.4, -0.2) is 10.2 Å². The van der Waals surface area contributed by atoms with Crippen LogP contribution < -0.4 is 4.74 Å². The summed E-state index contributed by atoms with van der Waals surface area (Å²) in [5, 5.41) is 9.02. The maximum absolute atomic E-state index is 6.80. The largest absolute Gasteiger partial charge is 0.461 e. The van der Waals surface area contributed by atoms with E-state index in [1.165, 1.54) is 22.3 Å². The second-order valence-electron chi connectivity index (χ2n) is 11.4. The Balaban J connectivity index is 1.22. The van der Waals surface area contributed by atoms with E-state index in [0.29, 0.717) is 6.42 Å². The van der Waals surface area contributed by atoms with Crippen molar-refractivity contribution in [3.05, 3.63) is 198 Å². The van der Waals surface area contributed by atoms with Crippen LogP contribution in [0.2, 0.25) is 0 Å². The monoisotopic (exact) mass is 578 g/mol. The van der Waals surface area contributed by atoms with Crippen LogP contribution >= 0.6 is 0 Å². The van der Waals surface area contributed by atoms with Crippen molar-refractivity contribution in [1.29, 1.82) is 0 Å². The van der Waals surface area contributed by atoms with Gasteiger partial charge in [-0.25, -0.2) is 0 Å². The summed E-state index contributed by atoms with van der Waals surface area (Å²) in [6.45, 7) is 4.00. The molecule has 1 aliphatic heterocycles. The molecule has 0 saturated carbocycles. The van der Waals surface area contributed by atoms with Crippen molar-refractivity contribution in [3.8, 4) is 39.4 Å². The Hall–Kier alpha value is -5.80. The van der Waals surface area contributed by atoms with Crippen LogP contribution in [0.15, 0.2) is 176 Å². The van der Waals surface area contributed by atoms with Crippen molar-refractivity contribution >= 4 is 0 Å². The summed E-state index contributed by atoms with van der Waals surface area (Å²) >= 11 is 0. The van der Waals surface area contributed by atoms with E-state index in [2.05, 4.69) is 120 Å². The molecule has 214 valence electrons. The highest BCUT2D eigenvalue weighted by molar-refractivity contribution is 5.88. The number of aromatic nitrogens is 2. The normalized spacial score (nSPS) is 14.1. The molecule has 6 aromatic rings. The Morgan fingerprint density at radius 2 is 1.13 bits per heavy atom. The fourth-order valence-electron chi connectivity index (χ4n) is 6.96. The van der Waals surface area contributed by atoms with E-state index in [9.17, 15) is 0 Å². The van der Waals surface area contributed by atoms with E-state index in [1.807, 2.05) is 54.6 Å². The fourth-order valence-corrected chi connectivity index (χ4v) is 6.96. The fraction of sp³-hybridized carbons (Fsp3) is 0.0476. The number of fused-ring (bicyclic) bond motifs is 7. The van der Waals surface area contributed by atoms with Gasteiger partial charge in [-0.3, -0.25) is 0 Å². The van der Waals surface area contributed by atoms with E-state index in [1.54, 1.807) is 0 Å². The molecule has 0 atom stereocenters. The molecule has 3 nitrogen and oxygen atoms in total. The molecule has 0 fully saturated rings. The summed E-state index contributed by atoms with van der Waals surface area (Å²) in [6.07, 6.45) is 6.69. The number of rotatable bonds is 6. The van der Waals surface area contributed by atoms with Gasteiger partial charge >= 0.3 is 0 Å². The molecule has 2 aliphatic rings. The van der Waals surface area contributed by atoms with Gasteiger partial charge in [0.15, 0.2) is 0 Å². The average molecular weight is 579 g/mol. The molecule has 3 heteroatoms. The third-order valence-corrected chi connectivity index (χ3v) is 8.93. The van der Waals surface area contributed by atoms with E-state index >= 15 is 0 Å². The van der Waals surface area contributed by atoms with E-state index < -0.39 is 5.41 Å². The van der Waals surface area contributed by atoms with Gasteiger partial charge in [0.25, 0.3) is 0 Å².